The van der Waals surface area contributed by atoms with Gasteiger partial charge in [-0.05, 0) is 38.1 Å². The van der Waals surface area contributed by atoms with Crippen LogP contribution >= 0.6 is 11.6 Å². The molecule has 1 aliphatic heterocycles. The van der Waals surface area contributed by atoms with Gasteiger partial charge in [-0.3, -0.25) is 4.40 Å². The molecule has 1 saturated heterocycles. The summed E-state index contributed by atoms with van der Waals surface area (Å²) < 4.78 is 1.94. The van der Waals surface area contributed by atoms with Crippen LogP contribution in [0.5, 0.6) is 0 Å². The molecule has 1 aliphatic rings. The van der Waals surface area contributed by atoms with Crippen LogP contribution < -0.4 is 0 Å². The van der Waals surface area contributed by atoms with Crippen molar-refractivity contribution in [3.8, 4) is 0 Å². The maximum Gasteiger partial charge on any atom is 0.161 e. The van der Waals surface area contributed by atoms with Crippen molar-refractivity contribution in [2.75, 3.05) is 20.1 Å². The minimum absolute atomic E-state index is 0.670. The Hall–Kier alpha value is -1.13. The smallest absolute Gasteiger partial charge is 0.161 e. The second-order valence-corrected chi connectivity index (χ2v) is 5.17. The largest absolute Gasteiger partial charge is 0.306 e. The van der Waals surface area contributed by atoms with E-state index in [-0.39, 0.29) is 0 Å². The predicted octanol–water partition coefficient (Wildman–Crippen LogP) is 1.88. The summed E-state index contributed by atoms with van der Waals surface area (Å²) >= 11 is 6.19. The average Bonchev–Trinajstić information content (AvgIpc) is 2.88. The molecule has 2 aromatic rings. The zero-order chi connectivity index (χ0) is 11.8. The first-order chi connectivity index (χ1) is 8.24. The molecule has 1 unspecified atom stereocenters. The van der Waals surface area contributed by atoms with E-state index >= 15 is 0 Å². The molecule has 17 heavy (non-hydrogen) atoms. The number of nitrogens with zero attached hydrogens (tertiary/aromatic N) is 4. The van der Waals surface area contributed by atoms with Crippen molar-refractivity contribution in [1.82, 2.24) is 19.5 Å². The van der Waals surface area contributed by atoms with Crippen molar-refractivity contribution in [2.45, 2.75) is 12.8 Å². The van der Waals surface area contributed by atoms with Gasteiger partial charge < -0.3 is 4.90 Å². The van der Waals surface area contributed by atoms with E-state index in [4.69, 9.17) is 11.6 Å². The van der Waals surface area contributed by atoms with Gasteiger partial charge in [0, 0.05) is 13.0 Å². The fraction of sp³-hybridized carbons (Fsp3) is 0.500. The summed E-state index contributed by atoms with van der Waals surface area (Å²) in [7, 11) is 2.16. The van der Waals surface area contributed by atoms with Crippen LogP contribution in [0.25, 0.3) is 5.65 Å². The van der Waals surface area contributed by atoms with Gasteiger partial charge >= 0.3 is 0 Å². The van der Waals surface area contributed by atoms with E-state index in [1.165, 1.54) is 13.0 Å². The molecule has 3 heterocycles. The third-order valence-corrected chi connectivity index (χ3v) is 3.70. The maximum atomic E-state index is 6.19. The molecule has 1 fully saturated rings. The highest BCUT2D eigenvalue weighted by atomic mass is 35.5. The van der Waals surface area contributed by atoms with E-state index in [0.29, 0.717) is 11.1 Å². The SMILES string of the molecule is CN1CCC(Cc2nnc3cccc(Cl)n23)C1. The van der Waals surface area contributed by atoms with Crippen LogP contribution in [0, 0.1) is 5.92 Å². The summed E-state index contributed by atoms with van der Waals surface area (Å²) in [4.78, 5) is 2.36. The lowest BCUT2D eigenvalue weighted by molar-refractivity contribution is 0.392. The molecule has 0 amide bonds. The molecule has 0 spiro atoms. The number of pyridine rings is 1. The predicted molar refractivity (Wildman–Crippen MR) is 67.3 cm³/mol. The van der Waals surface area contributed by atoms with E-state index in [0.717, 1.165) is 24.4 Å². The van der Waals surface area contributed by atoms with Crippen LogP contribution in [0.2, 0.25) is 5.15 Å². The van der Waals surface area contributed by atoms with Gasteiger partial charge in [-0.25, -0.2) is 0 Å². The normalized spacial score (nSPS) is 21.4. The van der Waals surface area contributed by atoms with Crippen LogP contribution in [0.1, 0.15) is 12.2 Å². The van der Waals surface area contributed by atoms with E-state index < -0.39 is 0 Å². The zero-order valence-electron chi connectivity index (χ0n) is 9.80. The Labute approximate surface area is 105 Å². The van der Waals surface area contributed by atoms with Gasteiger partial charge in [-0.15, -0.1) is 10.2 Å². The number of hydrogen-bond acceptors (Lipinski definition) is 3. The third-order valence-electron chi connectivity index (χ3n) is 3.41. The second-order valence-electron chi connectivity index (χ2n) is 4.78. The van der Waals surface area contributed by atoms with Crippen molar-refractivity contribution >= 4 is 17.2 Å². The zero-order valence-corrected chi connectivity index (χ0v) is 10.6. The van der Waals surface area contributed by atoms with E-state index in [9.17, 15) is 0 Å². The molecule has 0 bridgehead atoms. The van der Waals surface area contributed by atoms with Crippen LogP contribution in [-0.4, -0.2) is 39.6 Å². The van der Waals surface area contributed by atoms with Gasteiger partial charge in [0.25, 0.3) is 0 Å². The van der Waals surface area contributed by atoms with Crippen LogP contribution in [0.3, 0.4) is 0 Å². The maximum absolute atomic E-state index is 6.19. The minimum Gasteiger partial charge on any atom is -0.306 e. The van der Waals surface area contributed by atoms with Crippen LogP contribution in [-0.2, 0) is 6.42 Å². The number of rotatable bonds is 2. The standard InChI is InChI=1S/C12H15ClN4/c1-16-6-5-9(8-16)7-12-15-14-11-4-2-3-10(13)17(11)12/h2-4,9H,5-8H2,1H3. The monoisotopic (exact) mass is 250 g/mol. The first kappa shape index (κ1) is 11.0. The first-order valence-corrected chi connectivity index (χ1v) is 6.29. The fourth-order valence-electron chi connectivity index (χ4n) is 2.54. The topological polar surface area (TPSA) is 33.4 Å². The summed E-state index contributed by atoms with van der Waals surface area (Å²) in [5.74, 6) is 1.65. The van der Waals surface area contributed by atoms with Gasteiger partial charge in [0.2, 0.25) is 0 Å². The Kier molecular flexibility index (Phi) is 2.76. The summed E-state index contributed by atoms with van der Waals surface area (Å²) in [5.41, 5.74) is 0.832. The highest BCUT2D eigenvalue weighted by Gasteiger charge is 2.22. The Morgan fingerprint density at radius 3 is 3.06 bits per heavy atom. The molecule has 5 heteroatoms. The van der Waals surface area contributed by atoms with Gasteiger partial charge in [0.05, 0.1) is 0 Å². The van der Waals surface area contributed by atoms with Crippen molar-refractivity contribution in [3.05, 3.63) is 29.2 Å². The number of aromatic nitrogens is 3. The fourth-order valence-corrected chi connectivity index (χ4v) is 2.80. The Balaban J connectivity index is 1.90. The Morgan fingerprint density at radius 2 is 2.29 bits per heavy atom. The second kappa shape index (κ2) is 4.27. The highest BCUT2D eigenvalue weighted by molar-refractivity contribution is 6.29. The molecule has 0 radical (unpaired) electrons. The lowest BCUT2D eigenvalue weighted by Crippen LogP contribution is -2.15. The molecular weight excluding hydrogens is 236 g/mol. The number of halogens is 1. The molecule has 0 saturated carbocycles. The van der Waals surface area contributed by atoms with Crippen LogP contribution in [0.15, 0.2) is 18.2 Å². The lowest BCUT2D eigenvalue weighted by Gasteiger charge is -2.09. The van der Waals surface area contributed by atoms with Gasteiger partial charge in [-0.2, -0.15) is 0 Å². The van der Waals surface area contributed by atoms with E-state index in [1.807, 2.05) is 22.6 Å². The summed E-state index contributed by atoms with van der Waals surface area (Å²) in [6, 6.07) is 5.71. The molecule has 3 rings (SSSR count). The number of hydrogen-bond donors (Lipinski definition) is 0. The highest BCUT2D eigenvalue weighted by Crippen LogP contribution is 2.21. The molecule has 90 valence electrons. The van der Waals surface area contributed by atoms with Gasteiger partial charge in [-0.1, -0.05) is 17.7 Å². The van der Waals surface area contributed by atoms with Crippen molar-refractivity contribution in [2.24, 2.45) is 5.92 Å². The lowest BCUT2D eigenvalue weighted by atomic mass is 10.0. The third kappa shape index (κ3) is 2.03. The first-order valence-electron chi connectivity index (χ1n) is 5.91. The van der Waals surface area contributed by atoms with Gasteiger partial charge in [0.15, 0.2) is 5.65 Å². The van der Waals surface area contributed by atoms with E-state index in [1.54, 1.807) is 0 Å². The summed E-state index contributed by atoms with van der Waals surface area (Å²) in [6.45, 7) is 2.31. The summed E-state index contributed by atoms with van der Waals surface area (Å²) in [6.07, 6.45) is 2.19. The molecule has 0 N–H and O–H groups in total. The molecule has 0 aliphatic carbocycles. The number of likely N-dealkylation sites (tertiary alicyclic amines) is 1. The molecule has 2 aromatic heterocycles. The van der Waals surface area contributed by atoms with Gasteiger partial charge in [0.1, 0.15) is 11.0 Å². The quantitative estimate of drug-likeness (QED) is 0.763. The van der Waals surface area contributed by atoms with Crippen molar-refractivity contribution in [1.29, 1.82) is 0 Å². The molecule has 0 aromatic carbocycles. The van der Waals surface area contributed by atoms with Crippen LogP contribution in [0.4, 0.5) is 0 Å². The molecular formula is C12H15ClN4. The van der Waals surface area contributed by atoms with E-state index in [2.05, 4.69) is 22.1 Å². The summed E-state index contributed by atoms with van der Waals surface area (Å²) in [5, 5.41) is 9.10. The molecule has 4 nitrogen and oxygen atoms in total. The van der Waals surface area contributed by atoms with Crippen molar-refractivity contribution in [3.63, 3.8) is 0 Å². The minimum atomic E-state index is 0.670. The van der Waals surface area contributed by atoms with Crippen molar-refractivity contribution < 1.29 is 0 Å². The Bertz CT molecular complexity index is 536. The average molecular weight is 251 g/mol. The molecule has 1 atom stereocenters. The Morgan fingerprint density at radius 1 is 1.41 bits per heavy atom. The number of fused-ring (bicyclic) bond motifs is 1.